The Balaban J connectivity index is 0.00000128. The van der Waals surface area contributed by atoms with E-state index in [-0.39, 0.29) is 18.1 Å². The molecule has 0 aromatic carbocycles. The maximum absolute atomic E-state index is 5.93. The molecule has 1 N–H and O–H groups in total. The van der Waals surface area contributed by atoms with Crippen molar-refractivity contribution in [2.75, 3.05) is 26.4 Å². The Bertz CT molecular complexity index is 199. The summed E-state index contributed by atoms with van der Waals surface area (Å²) in [6, 6.07) is 0. The highest BCUT2D eigenvalue weighted by atomic mass is 35.5. The number of ether oxygens (including phenoxy) is 2. The van der Waals surface area contributed by atoms with Gasteiger partial charge in [-0.3, -0.25) is 5.32 Å². The molecule has 0 bridgehead atoms. The second-order valence-corrected chi connectivity index (χ2v) is 5.29. The Morgan fingerprint density at radius 2 is 2.00 bits per heavy atom. The van der Waals surface area contributed by atoms with E-state index in [1.54, 1.807) is 0 Å². The molecule has 2 unspecified atom stereocenters. The molecule has 2 aliphatic heterocycles. The number of halogens is 1. The second-order valence-electron chi connectivity index (χ2n) is 5.29. The monoisotopic (exact) mass is 249 g/mol. The first kappa shape index (κ1) is 14.2. The Labute approximate surface area is 105 Å². The van der Waals surface area contributed by atoms with Crippen molar-refractivity contribution in [1.82, 2.24) is 5.32 Å². The molecule has 2 fully saturated rings. The van der Waals surface area contributed by atoms with Crippen LogP contribution in [0.5, 0.6) is 0 Å². The van der Waals surface area contributed by atoms with Crippen LogP contribution in [0.4, 0.5) is 0 Å². The van der Waals surface area contributed by atoms with Gasteiger partial charge in [0.2, 0.25) is 0 Å². The average Bonchev–Trinajstić information content (AvgIpc) is 2.24. The van der Waals surface area contributed by atoms with E-state index in [9.17, 15) is 0 Å². The van der Waals surface area contributed by atoms with Crippen molar-refractivity contribution in [1.29, 1.82) is 0 Å². The lowest BCUT2D eigenvalue weighted by Gasteiger charge is -2.40. The predicted molar refractivity (Wildman–Crippen MR) is 66.9 cm³/mol. The molecule has 2 heterocycles. The van der Waals surface area contributed by atoms with E-state index in [2.05, 4.69) is 19.2 Å². The fourth-order valence-electron chi connectivity index (χ4n) is 2.46. The molecule has 2 atom stereocenters. The molecule has 2 saturated heterocycles. The molecule has 0 aromatic rings. The van der Waals surface area contributed by atoms with E-state index in [0.29, 0.717) is 5.92 Å². The van der Waals surface area contributed by atoms with Crippen LogP contribution in [0, 0.1) is 11.8 Å². The summed E-state index contributed by atoms with van der Waals surface area (Å²) in [4.78, 5) is 0. The zero-order chi connectivity index (χ0) is 10.7. The van der Waals surface area contributed by atoms with Gasteiger partial charge in [0.15, 0.2) is 0 Å². The second kappa shape index (κ2) is 6.20. The average molecular weight is 250 g/mol. The van der Waals surface area contributed by atoms with Gasteiger partial charge in [-0.1, -0.05) is 6.92 Å². The van der Waals surface area contributed by atoms with Gasteiger partial charge in [-0.2, -0.15) is 0 Å². The Hall–Kier alpha value is 0.170. The lowest BCUT2D eigenvalue weighted by molar-refractivity contribution is -0.118. The van der Waals surface area contributed by atoms with Gasteiger partial charge in [0, 0.05) is 19.8 Å². The van der Waals surface area contributed by atoms with Gasteiger partial charge < -0.3 is 9.47 Å². The van der Waals surface area contributed by atoms with Crippen LogP contribution in [-0.2, 0) is 9.47 Å². The molecular weight excluding hydrogens is 226 g/mol. The molecule has 0 radical (unpaired) electrons. The third-order valence-electron chi connectivity index (χ3n) is 3.53. The van der Waals surface area contributed by atoms with Crippen molar-refractivity contribution in [2.45, 2.75) is 38.8 Å². The van der Waals surface area contributed by atoms with Gasteiger partial charge in [0.1, 0.15) is 5.72 Å². The summed E-state index contributed by atoms with van der Waals surface area (Å²) >= 11 is 0. The standard InChI is InChI=1S/C12H23NO2.ClH/c1-10-8-13-12(2,15-9-10)7-11-3-5-14-6-4-11;/h10-11,13H,3-9H2,1-2H3;1H. The molecule has 0 spiro atoms. The Morgan fingerprint density at radius 3 is 2.56 bits per heavy atom. The molecule has 16 heavy (non-hydrogen) atoms. The minimum atomic E-state index is -0.0888. The first-order valence-corrected chi connectivity index (χ1v) is 6.15. The van der Waals surface area contributed by atoms with Crippen molar-refractivity contribution in [3.8, 4) is 0 Å². The molecule has 3 nitrogen and oxygen atoms in total. The molecule has 2 rings (SSSR count). The predicted octanol–water partition coefficient (Wildman–Crippen LogP) is 2.20. The number of hydrogen-bond acceptors (Lipinski definition) is 3. The SMILES string of the molecule is CC1CNC(C)(CC2CCOCC2)OC1.Cl. The molecular formula is C12H24ClNO2. The van der Waals surface area contributed by atoms with Crippen molar-refractivity contribution in [3.05, 3.63) is 0 Å². The number of rotatable bonds is 2. The molecule has 0 aromatic heterocycles. The minimum Gasteiger partial charge on any atom is -0.381 e. The van der Waals surface area contributed by atoms with Gasteiger partial charge in [-0.05, 0) is 38.0 Å². The fraction of sp³-hybridized carbons (Fsp3) is 1.00. The van der Waals surface area contributed by atoms with Crippen LogP contribution in [0.3, 0.4) is 0 Å². The normalized spacial score (nSPS) is 36.8. The van der Waals surface area contributed by atoms with Crippen LogP contribution in [-0.4, -0.2) is 32.1 Å². The Kier molecular flexibility index (Phi) is 5.51. The zero-order valence-corrected chi connectivity index (χ0v) is 11.1. The quantitative estimate of drug-likeness (QED) is 0.814. The van der Waals surface area contributed by atoms with Crippen LogP contribution >= 0.6 is 12.4 Å². The summed E-state index contributed by atoms with van der Waals surface area (Å²) < 4.78 is 11.3. The van der Waals surface area contributed by atoms with Gasteiger partial charge in [0.25, 0.3) is 0 Å². The molecule has 2 aliphatic rings. The van der Waals surface area contributed by atoms with Crippen LogP contribution in [0.25, 0.3) is 0 Å². The van der Waals surface area contributed by atoms with Crippen molar-refractivity contribution >= 4 is 12.4 Å². The largest absolute Gasteiger partial charge is 0.381 e. The zero-order valence-electron chi connectivity index (χ0n) is 10.3. The lowest BCUT2D eigenvalue weighted by atomic mass is 9.90. The van der Waals surface area contributed by atoms with E-state index in [0.717, 1.165) is 38.7 Å². The van der Waals surface area contributed by atoms with Gasteiger partial charge in [0.05, 0.1) is 6.61 Å². The summed E-state index contributed by atoms with van der Waals surface area (Å²) in [6.07, 6.45) is 3.51. The van der Waals surface area contributed by atoms with E-state index in [1.807, 2.05) is 0 Å². The third kappa shape index (κ3) is 3.88. The molecule has 0 saturated carbocycles. The number of nitrogens with one attached hydrogen (secondary N) is 1. The van der Waals surface area contributed by atoms with Gasteiger partial charge >= 0.3 is 0 Å². The highest BCUT2D eigenvalue weighted by molar-refractivity contribution is 5.85. The van der Waals surface area contributed by atoms with Crippen molar-refractivity contribution < 1.29 is 9.47 Å². The van der Waals surface area contributed by atoms with Crippen LogP contribution < -0.4 is 5.32 Å². The highest BCUT2D eigenvalue weighted by Gasteiger charge is 2.33. The highest BCUT2D eigenvalue weighted by Crippen LogP contribution is 2.28. The van der Waals surface area contributed by atoms with E-state index in [1.165, 1.54) is 12.8 Å². The first-order chi connectivity index (χ1) is 7.18. The fourth-order valence-corrected chi connectivity index (χ4v) is 2.46. The Morgan fingerprint density at radius 1 is 1.31 bits per heavy atom. The van der Waals surface area contributed by atoms with E-state index < -0.39 is 0 Å². The number of hydrogen-bond donors (Lipinski definition) is 1. The molecule has 96 valence electrons. The van der Waals surface area contributed by atoms with Crippen molar-refractivity contribution in [2.24, 2.45) is 11.8 Å². The van der Waals surface area contributed by atoms with Crippen LogP contribution in [0.1, 0.15) is 33.1 Å². The van der Waals surface area contributed by atoms with Crippen molar-refractivity contribution in [3.63, 3.8) is 0 Å². The topological polar surface area (TPSA) is 30.5 Å². The van der Waals surface area contributed by atoms with Gasteiger partial charge in [-0.15, -0.1) is 12.4 Å². The third-order valence-corrected chi connectivity index (χ3v) is 3.53. The maximum Gasteiger partial charge on any atom is 0.116 e. The molecule has 4 heteroatoms. The summed E-state index contributed by atoms with van der Waals surface area (Å²) in [7, 11) is 0. The maximum atomic E-state index is 5.93. The molecule has 0 aliphatic carbocycles. The summed E-state index contributed by atoms with van der Waals surface area (Å²) in [5.74, 6) is 1.41. The first-order valence-electron chi connectivity index (χ1n) is 6.15. The summed E-state index contributed by atoms with van der Waals surface area (Å²) in [5, 5.41) is 3.53. The molecule has 0 amide bonds. The van der Waals surface area contributed by atoms with Crippen LogP contribution in [0.2, 0.25) is 0 Å². The van der Waals surface area contributed by atoms with Crippen LogP contribution in [0.15, 0.2) is 0 Å². The van der Waals surface area contributed by atoms with E-state index >= 15 is 0 Å². The summed E-state index contributed by atoms with van der Waals surface area (Å²) in [5.41, 5.74) is -0.0888. The van der Waals surface area contributed by atoms with Gasteiger partial charge in [-0.25, -0.2) is 0 Å². The van der Waals surface area contributed by atoms with E-state index in [4.69, 9.17) is 9.47 Å². The smallest absolute Gasteiger partial charge is 0.116 e. The summed E-state index contributed by atoms with van der Waals surface area (Å²) in [6.45, 7) is 8.25. The minimum absolute atomic E-state index is 0. The lowest BCUT2D eigenvalue weighted by Crippen LogP contribution is -2.53.